The molecule has 105 valence electrons. The largest absolute Gasteiger partial charge is 0.573 e. The summed E-state index contributed by atoms with van der Waals surface area (Å²) in [5.41, 5.74) is 0. The lowest BCUT2D eigenvalue weighted by molar-refractivity contribution is -0.274. The molecule has 0 saturated carbocycles. The van der Waals surface area contributed by atoms with Gasteiger partial charge in [-0.2, -0.15) is 0 Å². The highest BCUT2D eigenvalue weighted by Crippen LogP contribution is 2.35. The molecule has 2 aromatic rings. The van der Waals surface area contributed by atoms with Crippen LogP contribution in [0.25, 0.3) is 0 Å². The molecule has 0 bridgehead atoms. The molecule has 0 unspecified atom stereocenters. The molecule has 0 aliphatic heterocycles. The third kappa shape index (κ3) is 3.95. The molecule has 0 aromatic heterocycles. The van der Waals surface area contributed by atoms with Gasteiger partial charge in [-0.1, -0.05) is 35.3 Å². The summed E-state index contributed by atoms with van der Waals surface area (Å²) in [5, 5.41) is 0.427. The zero-order valence-electron chi connectivity index (χ0n) is 9.67. The first-order valence-corrected chi connectivity index (χ1v) is 6.01. The van der Waals surface area contributed by atoms with Crippen LogP contribution in [-0.2, 0) is 0 Å². The predicted octanol–water partition coefficient (Wildman–Crippen LogP) is 5.48. The molecule has 0 spiro atoms. The van der Waals surface area contributed by atoms with Gasteiger partial charge in [0, 0.05) is 0 Å². The average Bonchev–Trinajstić information content (AvgIpc) is 2.33. The van der Waals surface area contributed by atoms with E-state index in [-0.39, 0.29) is 21.5 Å². The number of benzene rings is 2. The van der Waals surface area contributed by atoms with E-state index in [4.69, 9.17) is 27.9 Å². The molecule has 0 fully saturated rings. The van der Waals surface area contributed by atoms with E-state index in [0.717, 1.165) is 6.07 Å². The van der Waals surface area contributed by atoms with E-state index in [9.17, 15) is 13.2 Å². The monoisotopic (exact) mass is 321 g/mol. The molecule has 0 saturated heterocycles. The van der Waals surface area contributed by atoms with Crippen molar-refractivity contribution >= 4 is 23.2 Å². The minimum Gasteiger partial charge on any atom is -0.455 e. The third-order valence-electron chi connectivity index (χ3n) is 2.10. The third-order valence-corrected chi connectivity index (χ3v) is 2.90. The van der Waals surface area contributed by atoms with E-state index in [1.807, 2.05) is 0 Å². The normalized spacial score (nSPS) is 11.2. The molecular formula is C13H6Cl2F3O2. The summed E-state index contributed by atoms with van der Waals surface area (Å²) in [5.74, 6) is -0.274. The van der Waals surface area contributed by atoms with Crippen molar-refractivity contribution in [1.29, 1.82) is 0 Å². The first-order valence-electron chi connectivity index (χ1n) is 5.25. The van der Waals surface area contributed by atoms with E-state index >= 15 is 0 Å². The fourth-order valence-electron chi connectivity index (χ4n) is 1.35. The zero-order chi connectivity index (χ0) is 14.8. The molecule has 0 aliphatic rings. The topological polar surface area (TPSA) is 18.5 Å². The van der Waals surface area contributed by atoms with E-state index in [1.54, 1.807) is 12.1 Å². The SMILES string of the molecule is FC(F)(F)Oc1[c]c(Oc2cccc(Cl)c2Cl)ccc1. The van der Waals surface area contributed by atoms with Crippen LogP contribution in [0.2, 0.25) is 10.0 Å². The molecule has 0 atom stereocenters. The lowest BCUT2D eigenvalue weighted by Crippen LogP contribution is -2.17. The van der Waals surface area contributed by atoms with Crippen LogP contribution in [0.15, 0.2) is 36.4 Å². The molecule has 0 N–H and O–H groups in total. The standard InChI is InChI=1S/C13H6Cl2F3O2/c14-10-5-2-6-11(12(10)15)19-8-3-1-4-9(7-8)20-13(16,17)18/h1-6H. The van der Waals surface area contributed by atoms with Gasteiger partial charge in [0.25, 0.3) is 0 Å². The second-order valence-electron chi connectivity index (χ2n) is 3.58. The molecule has 2 nitrogen and oxygen atoms in total. The summed E-state index contributed by atoms with van der Waals surface area (Å²) in [4.78, 5) is 0. The fourth-order valence-corrected chi connectivity index (χ4v) is 1.68. The van der Waals surface area contributed by atoms with Gasteiger partial charge in [-0.05, 0) is 24.3 Å². The van der Waals surface area contributed by atoms with Crippen molar-refractivity contribution in [2.24, 2.45) is 0 Å². The van der Waals surface area contributed by atoms with Gasteiger partial charge in [0.1, 0.15) is 22.3 Å². The lowest BCUT2D eigenvalue weighted by atomic mass is 10.3. The van der Waals surface area contributed by atoms with Gasteiger partial charge < -0.3 is 9.47 Å². The lowest BCUT2D eigenvalue weighted by Gasteiger charge is -2.11. The first kappa shape index (κ1) is 14.8. The summed E-state index contributed by atoms with van der Waals surface area (Å²) in [7, 11) is 0. The Morgan fingerprint density at radius 1 is 0.950 bits per heavy atom. The second-order valence-corrected chi connectivity index (χ2v) is 4.37. The average molecular weight is 322 g/mol. The van der Waals surface area contributed by atoms with Crippen molar-refractivity contribution < 1.29 is 22.6 Å². The Kier molecular flexibility index (Phi) is 4.30. The van der Waals surface area contributed by atoms with Gasteiger partial charge in [0.15, 0.2) is 0 Å². The molecule has 0 heterocycles. The predicted molar refractivity (Wildman–Crippen MR) is 68.5 cm³/mol. The number of ether oxygens (including phenoxy) is 2. The van der Waals surface area contributed by atoms with Crippen molar-refractivity contribution in [3.05, 3.63) is 52.5 Å². The number of hydrogen-bond acceptors (Lipinski definition) is 2. The zero-order valence-corrected chi connectivity index (χ0v) is 11.2. The highest BCUT2D eigenvalue weighted by molar-refractivity contribution is 6.42. The molecule has 0 amide bonds. The number of rotatable bonds is 3. The Labute approximate surface area is 122 Å². The Balaban J connectivity index is 2.22. The molecule has 20 heavy (non-hydrogen) atoms. The van der Waals surface area contributed by atoms with Gasteiger partial charge >= 0.3 is 6.36 Å². The Hall–Kier alpha value is -1.59. The van der Waals surface area contributed by atoms with Crippen molar-refractivity contribution in [3.63, 3.8) is 0 Å². The van der Waals surface area contributed by atoms with Crippen molar-refractivity contribution in [1.82, 2.24) is 0 Å². The molecular weight excluding hydrogens is 316 g/mol. The van der Waals surface area contributed by atoms with Crippen LogP contribution in [0.3, 0.4) is 0 Å². The van der Waals surface area contributed by atoms with Gasteiger partial charge in [-0.15, -0.1) is 13.2 Å². The van der Waals surface area contributed by atoms with E-state index in [1.165, 1.54) is 18.2 Å². The van der Waals surface area contributed by atoms with Gasteiger partial charge in [0.2, 0.25) is 0 Å². The first-order chi connectivity index (χ1) is 9.35. The molecule has 1 radical (unpaired) electrons. The van der Waals surface area contributed by atoms with E-state index in [0.29, 0.717) is 0 Å². The smallest absolute Gasteiger partial charge is 0.455 e. The quantitative estimate of drug-likeness (QED) is 0.744. The molecule has 7 heteroatoms. The van der Waals surface area contributed by atoms with Crippen LogP contribution < -0.4 is 9.47 Å². The number of alkyl halides is 3. The van der Waals surface area contributed by atoms with Crippen LogP contribution in [0, 0.1) is 6.07 Å². The summed E-state index contributed by atoms with van der Waals surface area (Å²) >= 11 is 11.7. The van der Waals surface area contributed by atoms with Crippen molar-refractivity contribution in [3.8, 4) is 17.2 Å². The number of hydrogen-bond donors (Lipinski definition) is 0. The van der Waals surface area contributed by atoms with Crippen LogP contribution >= 0.6 is 23.2 Å². The number of halogens is 5. The second kappa shape index (κ2) is 5.81. The Bertz CT molecular complexity index is 615. The maximum absolute atomic E-state index is 12.1. The van der Waals surface area contributed by atoms with Crippen LogP contribution in [0.1, 0.15) is 0 Å². The van der Waals surface area contributed by atoms with Gasteiger partial charge in [-0.3, -0.25) is 0 Å². The Morgan fingerprint density at radius 3 is 2.30 bits per heavy atom. The van der Waals surface area contributed by atoms with Crippen LogP contribution in [-0.4, -0.2) is 6.36 Å². The summed E-state index contributed by atoms with van der Waals surface area (Å²) in [6, 6.07) is 10.9. The van der Waals surface area contributed by atoms with Crippen molar-refractivity contribution in [2.45, 2.75) is 6.36 Å². The molecule has 2 aromatic carbocycles. The van der Waals surface area contributed by atoms with Gasteiger partial charge in [0.05, 0.1) is 11.1 Å². The molecule has 2 rings (SSSR count). The van der Waals surface area contributed by atoms with Crippen molar-refractivity contribution in [2.75, 3.05) is 0 Å². The van der Waals surface area contributed by atoms with Crippen LogP contribution in [0.5, 0.6) is 17.2 Å². The maximum Gasteiger partial charge on any atom is 0.573 e. The highest BCUT2D eigenvalue weighted by atomic mass is 35.5. The maximum atomic E-state index is 12.1. The highest BCUT2D eigenvalue weighted by Gasteiger charge is 2.31. The van der Waals surface area contributed by atoms with E-state index in [2.05, 4.69) is 10.8 Å². The van der Waals surface area contributed by atoms with Crippen LogP contribution in [0.4, 0.5) is 13.2 Å². The fraction of sp³-hybridized carbons (Fsp3) is 0.0769. The summed E-state index contributed by atoms with van der Waals surface area (Å²) in [6.07, 6.45) is -4.79. The minimum absolute atomic E-state index is 0.0240. The van der Waals surface area contributed by atoms with E-state index < -0.39 is 12.1 Å². The molecule has 0 aliphatic carbocycles. The summed E-state index contributed by atoms with van der Waals surface area (Å²) < 4.78 is 45.4. The Morgan fingerprint density at radius 2 is 1.60 bits per heavy atom. The summed E-state index contributed by atoms with van der Waals surface area (Å²) in [6.45, 7) is 0. The van der Waals surface area contributed by atoms with Gasteiger partial charge in [-0.25, -0.2) is 0 Å². The minimum atomic E-state index is -4.79.